The van der Waals surface area contributed by atoms with Crippen LogP contribution < -0.4 is 0 Å². The first-order valence-electron chi connectivity index (χ1n) is 16.9. The summed E-state index contributed by atoms with van der Waals surface area (Å²) in [7, 11) is -2.23. The van der Waals surface area contributed by atoms with Crippen molar-refractivity contribution in [3.8, 4) is 0 Å². The van der Waals surface area contributed by atoms with E-state index in [0.29, 0.717) is 6.42 Å². The summed E-state index contributed by atoms with van der Waals surface area (Å²) in [6, 6.07) is 26.9. The minimum absolute atomic E-state index is 0.152. The molecule has 0 aromatic heterocycles. The van der Waals surface area contributed by atoms with Crippen molar-refractivity contribution in [3.05, 3.63) is 89.5 Å². The molecular weight excluding hydrogens is 532 g/mol. The lowest BCUT2D eigenvalue weighted by molar-refractivity contribution is -0.133. The van der Waals surface area contributed by atoms with Crippen LogP contribution in [-0.4, -0.2) is 5.97 Å². The molecule has 0 saturated heterocycles. The number of rotatable bonds is 20. The first kappa shape index (κ1) is 34.0. The Balaban J connectivity index is 2.01. The van der Waals surface area contributed by atoms with Gasteiger partial charge < -0.3 is 4.18 Å². The molecule has 0 aliphatic rings. The highest BCUT2D eigenvalue weighted by Crippen LogP contribution is 2.69. The van der Waals surface area contributed by atoms with Crippen molar-refractivity contribution in [2.75, 3.05) is 0 Å². The first-order chi connectivity index (χ1) is 20.6. The Hall–Kier alpha value is -2.52. The van der Waals surface area contributed by atoms with Gasteiger partial charge in [0.1, 0.15) is 0 Å². The number of hydrogen-bond acceptors (Lipinski definition) is 2. The van der Waals surface area contributed by atoms with Crippen LogP contribution in [0, 0.1) is 0 Å². The van der Waals surface area contributed by atoms with Crippen LogP contribution in [0.2, 0.25) is 0 Å². The van der Waals surface area contributed by atoms with Crippen molar-refractivity contribution in [1.29, 1.82) is 0 Å². The van der Waals surface area contributed by atoms with Crippen LogP contribution in [0.25, 0.3) is 0 Å². The molecule has 3 heteroatoms. The van der Waals surface area contributed by atoms with E-state index in [1.165, 1.54) is 93.7 Å². The molecule has 0 unspecified atom stereocenters. The van der Waals surface area contributed by atoms with E-state index < -0.39 is 10.3 Å². The second-order valence-electron chi connectivity index (χ2n) is 11.7. The van der Waals surface area contributed by atoms with Crippen LogP contribution in [0.15, 0.2) is 87.5 Å². The molecule has 0 amide bonds. The van der Waals surface area contributed by atoms with Gasteiger partial charge in [0, 0.05) is 21.1 Å². The summed E-state index contributed by atoms with van der Waals surface area (Å²) in [5.74, 6) is -0.152. The van der Waals surface area contributed by atoms with Gasteiger partial charge in [-0.1, -0.05) is 122 Å². The Morgan fingerprint density at radius 2 is 0.786 bits per heavy atom. The fourth-order valence-electron chi connectivity index (χ4n) is 5.56. The third-order valence-corrected chi connectivity index (χ3v) is 11.5. The summed E-state index contributed by atoms with van der Waals surface area (Å²) < 4.78 is 6.65. The molecule has 2 nitrogen and oxygen atoms in total. The van der Waals surface area contributed by atoms with Gasteiger partial charge in [-0.2, -0.15) is 0 Å². The minimum atomic E-state index is -2.23. The van der Waals surface area contributed by atoms with Crippen LogP contribution in [-0.2, 0) is 28.2 Å². The number of benzene rings is 3. The first-order valence-corrected chi connectivity index (χ1v) is 18.5. The van der Waals surface area contributed by atoms with Gasteiger partial charge in [0.05, 0.1) is 0 Å². The van der Waals surface area contributed by atoms with Gasteiger partial charge >= 0.3 is 5.97 Å². The van der Waals surface area contributed by atoms with E-state index in [4.69, 9.17) is 4.18 Å². The Bertz CT molecular complexity index is 1010. The molecule has 0 saturated carbocycles. The Morgan fingerprint density at radius 1 is 0.476 bits per heavy atom. The number of carbonyl (C=O) groups is 1. The lowest BCUT2D eigenvalue weighted by atomic mass is 10.1. The van der Waals surface area contributed by atoms with Crippen LogP contribution >= 0.6 is 10.3 Å². The van der Waals surface area contributed by atoms with E-state index in [-0.39, 0.29) is 5.97 Å². The van der Waals surface area contributed by atoms with E-state index in [9.17, 15) is 4.79 Å². The minimum Gasteiger partial charge on any atom is -0.402 e. The van der Waals surface area contributed by atoms with E-state index >= 15 is 0 Å². The van der Waals surface area contributed by atoms with Gasteiger partial charge in [-0.15, -0.1) is 0 Å². The van der Waals surface area contributed by atoms with Crippen molar-refractivity contribution in [3.63, 3.8) is 0 Å². The van der Waals surface area contributed by atoms with Gasteiger partial charge in [0.15, 0.2) is 0 Å². The van der Waals surface area contributed by atoms with Gasteiger partial charge in [0.2, 0.25) is 0 Å². The van der Waals surface area contributed by atoms with E-state index in [2.05, 4.69) is 93.6 Å². The zero-order chi connectivity index (χ0) is 30.0. The van der Waals surface area contributed by atoms with Crippen molar-refractivity contribution >= 4 is 16.3 Å². The molecule has 42 heavy (non-hydrogen) atoms. The predicted molar refractivity (Wildman–Crippen MR) is 182 cm³/mol. The molecule has 0 heterocycles. The van der Waals surface area contributed by atoms with E-state index in [1.807, 2.05) is 6.92 Å². The zero-order valence-corrected chi connectivity index (χ0v) is 27.8. The molecule has 230 valence electrons. The molecule has 3 rings (SSSR count). The molecule has 0 bridgehead atoms. The molecule has 0 spiro atoms. The third-order valence-electron chi connectivity index (χ3n) is 8.23. The maximum absolute atomic E-state index is 13.2. The highest BCUT2D eigenvalue weighted by molar-refractivity contribution is 8.30. The van der Waals surface area contributed by atoms with Gasteiger partial charge in [-0.25, -0.2) is 0 Å². The van der Waals surface area contributed by atoms with E-state index in [0.717, 1.165) is 33.9 Å². The number of carbonyl (C=O) groups excluding carboxylic acids is 1. The van der Waals surface area contributed by atoms with Gasteiger partial charge in [-0.05, 0) is 102 Å². The normalized spacial score (nSPS) is 11.9. The molecule has 0 radical (unpaired) electrons. The van der Waals surface area contributed by atoms with Gasteiger partial charge in [0.25, 0.3) is 0 Å². The lowest BCUT2D eigenvalue weighted by Gasteiger charge is -2.40. The molecule has 0 atom stereocenters. The average Bonchev–Trinajstić information content (AvgIpc) is 3.03. The molecule has 0 aliphatic carbocycles. The van der Waals surface area contributed by atoms with Crippen LogP contribution in [0.4, 0.5) is 0 Å². The fourth-order valence-corrected chi connectivity index (χ4v) is 8.62. The van der Waals surface area contributed by atoms with Crippen LogP contribution in [0.3, 0.4) is 0 Å². The van der Waals surface area contributed by atoms with Crippen LogP contribution in [0.1, 0.15) is 128 Å². The smallest absolute Gasteiger partial charge is 0.316 e. The Labute approximate surface area is 259 Å². The van der Waals surface area contributed by atoms with Crippen molar-refractivity contribution in [1.82, 2.24) is 0 Å². The second-order valence-corrected chi connectivity index (χ2v) is 14.4. The summed E-state index contributed by atoms with van der Waals surface area (Å²) in [4.78, 5) is 16.4. The van der Waals surface area contributed by atoms with Gasteiger partial charge in [-0.3, -0.25) is 4.79 Å². The second kappa shape index (κ2) is 18.9. The quantitative estimate of drug-likeness (QED) is 0.123. The summed E-state index contributed by atoms with van der Waals surface area (Å²) in [5, 5.41) is 0. The maximum Gasteiger partial charge on any atom is 0.316 e. The summed E-state index contributed by atoms with van der Waals surface area (Å²) in [6.07, 6.45) is 18.8. The standard InChI is InChI=1S/C39H56O2S/c1-5-9-12-15-18-33-21-27-36(28-22-33)42(41-39(40)8-4,37-29-23-34(24-30-37)19-16-13-10-6-2)38-31-25-35(26-32-38)20-17-14-11-7-3/h21-32H,5-20H2,1-4H3. The monoisotopic (exact) mass is 588 g/mol. The molecule has 0 N–H and O–H groups in total. The van der Waals surface area contributed by atoms with Crippen LogP contribution in [0.5, 0.6) is 0 Å². The number of aryl methyl sites for hydroxylation is 3. The largest absolute Gasteiger partial charge is 0.402 e. The lowest BCUT2D eigenvalue weighted by Crippen LogP contribution is -2.13. The van der Waals surface area contributed by atoms with Crippen molar-refractivity contribution in [2.24, 2.45) is 0 Å². The van der Waals surface area contributed by atoms with E-state index in [1.54, 1.807) is 0 Å². The fraction of sp³-hybridized carbons (Fsp3) is 0.513. The maximum atomic E-state index is 13.2. The highest BCUT2D eigenvalue weighted by Gasteiger charge is 2.35. The topological polar surface area (TPSA) is 26.3 Å². The third kappa shape index (κ3) is 10.0. The highest BCUT2D eigenvalue weighted by atomic mass is 32.3. The number of unbranched alkanes of at least 4 members (excludes halogenated alkanes) is 9. The molecule has 3 aromatic rings. The Morgan fingerprint density at radius 3 is 1.05 bits per heavy atom. The summed E-state index contributed by atoms with van der Waals surface area (Å²) >= 11 is 0. The Kier molecular flexibility index (Phi) is 15.3. The molecular formula is C39H56O2S. The number of hydrogen-bond donors (Lipinski definition) is 0. The molecule has 0 aliphatic heterocycles. The SMILES string of the molecule is CCCCCCc1ccc(S(OC(=O)CC)(c2ccc(CCCCCC)cc2)c2ccc(CCCCCC)cc2)cc1. The molecule has 3 aromatic carbocycles. The predicted octanol–water partition coefficient (Wildman–Crippen LogP) is 12.2. The molecule has 0 fully saturated rings. The zero-order valence-electron chi connectivity index (χ0n) is 27.0. The average molecular weight is 589 g/mol. The van der Waals surface area contributed by atoms with Crippen molar-refractivity contribution in [2.45, 2.75) is 145 Å². The summed E-state index contributed by atoms with van der Waals surface area (Å²) in [6.45, 7) is 8.66. The summed E-state index contributed by atoms with van der Waals surface area (Å²) in [5.41, 5.74) is 4.07. The van der Waals surface area contributed by atoms with Crippen molar-refractivity contribution < 1.29 is 8.98 Å².